The van der Waals surface area contributed by atoms with Crippen LogP contribution in [0, 0.1) is 0 Å². The second-order valence-corrected chi connectivity index (χ2v) is 7.92. The van der Waals surface area contributed by atoms with E-state index in [0.29, 0.717) is 0 Å². The number of pyridine rings is 2. The minimum absolute atomic E-state index is 1.12. The minimum Gasteiger partial charge on any atom is -0.305 e. The third-order valence-corrected chi connectivity index (χ3v) is 6.31. The fourth-order valence-electron chi connectivity index (χ4n) is 5.05. The van der Waals surface area contributed by atoms with Crippen LogP contribution in [0.1, 0.15) is 0 Å². The molecule has 0 N–H and O–H groups in total. The van der Waals surface area contributed by atoms with Crippen LogP contribution in [0.25, 0.3) is 60.3 Å². The molecule has 0 aliphatic carbocycles. The molecule has 0 amide bonds. The summed E-state index contributed by atoms with van der Waals surface area (Å²) in [5.74, 6) is 0. The van der Waals surface area contributed by atoms with Crippen molar-refractivity contribution in [2.24, 2.45) is 0 Å². The van der Waals surface area contributed by atoms with Gasteiger partial charge in [-0.1, -0.05) is 60.7 Å². The van der Waals surface area contributed by atoms with E-state index in [1.54, 1.807) is 0 Å². The first-order valence-corrected chi connectivity index (χ1v) is 10.4. The number of aromatic nitrogens is 3. The first-order valence-electron chi connectivity index (χ1n) is 10.4. The van der Waals surface area contributed by atoms with Gasteiger partial charge in [0.05, 0.1) is 28.9 Å². The molecule has 3 aromatic carbocycles. The summed E-state index contributed by atoms with van der Waals surface area (Å²) in [4.78, 5) is 8.91. The van der Waals surface area contributed by atoms with Gasteiger partial charge in [0.1, 0.15) is 0 Å². The molecule has 31 heavy (non-hydrogen) atoms. The number of rotatable bonds is 2. The summed E-state index contributed by atoms with van der Waals surface area (Å²) in [5, 5.41) is 4.99. The molecule has 0 spiro atoms. The highest BCUT2D eigenvalue weighted by Crippen LogP contribution is 2.47. The molecule has 4 aromatic heterocycles. The topological polar surface area (TPSA) is 30.2 Å². The molecule has 0 unspecified atom stereocenters. The largest absolute Gasteiger partial charge is 0.305 e. The van der Waals surface area contributed by atoms with Crippen molar-refractivity contribution < 1.29 is 0 Å². The van der Waals surface area contributed by atoms with E-state index in [1.807, 2.05) is 24.8 Å². The summed E-state index contributed by atoms with van der Waals surface area (Å²) in [6.45, 7) is 0. The normalized spacial score (nSPS) is 11.9. The highest BCUT2D eigenvalue weighted by molar-refractivity contribution is 6.30. The fraction of sp³-hybridized carbons (Fsp3) is 0. The van der Waals surface area contributed by atoms with E-state index >= 15 is 0 Å². The van der Waals surface area contributed by atoms with Crippen LogP contribution in [0.5, 0.6) is 0 Å². The maximum absolute atomic E-state index is 4.45. The van der Waals surface area contributed by atoms with Crippen LogP contribution in [0.2, 0.25) is 0 Å². The number of nitrogens with zero attached hydrogens (tertiary/aromatic N) is 3. The van der Waals surface area contributed by atoms with Crippen molar-refractivity contribution in [3.8, 4) is 22.3 Å². The Kier molecular flexibility index (Phi) is 3.27. The molecule has 0 saturated heterocycles. The molecular weight excluding hydrogens is 378 g/mol. The average Bonchev–Trinajstić information content (AvgIpc) is 3.37. The number of hydrogen-bond donors (Lipinski definition) is 0. The molecule has 0 atom stereocenters. The van der Waals surface area contributed by atoms with Gasteiger partial charge in [0.2, 0.25) is 0 Å². The lowest BCUT2D eigenvalue weighted by Crippen LogP contribution is -1.86. The van der Waals surface area contributed by atoms with Gasteiger partial charge < -0.3 is 4.40 Å². The van der Waals surface area contributed by atoms with Crippen molar-refractivity contribution in [3.05, 3.63) is 104 Å². The Morgan fingerprint density at radius 2 is 1.03 bits per heavy atom. The van der Waals surface area contributed by atoms with Crippen LogP contribution in [-0.4, -0.2) is 14.4 Å². The van der Waals surface area contributed by atoms with Gasteiger partial charge >= 0.3 is 0 Å². The second kappa shape index (κ2) is 6.13. The molecule has 4 heterocycles. The molecule has 0 aliphatic heterocycles. The van der Waals surface area contributed by atoms with Gasteiger partial charge in [-0.3, -0.25) is 9.97 Å². The van der Waals surface area contributed by atoms with Crippen molar-refractivity contribution in [2.45, 2.75) is 0 Å². The lowest BCUT2D eigenvalue weighted by molar-refractivity contribution is 1.27. The van der Waals surface area contributed by atoms with Gasteiger partial charge in [-0.15, -0.1) is 0 Å². The lowest BCUT2D eigenvalue weighted by Gasteiger charge is -2.11. The van der Waals surface area contributed by atoms with Gasteiger partial charge in [-0.05, 0) is 40.5 Å². The Morgan fingerprint density at radius 3 is 1.52 bits per heavy atom. The quantitative estimate of drug-likeness (QED) is 0.317. The lowest BCUT2D eigenvalue weighted by atomic mass is 9.91. The monoisotopic (exact) mass is 395 g/mol. The fourth-order valence-corrected chi connectivity index (χ4v) is 5.05. The van der Waals surface area contributed by atoms with E-state index in [2.05, 4.69) is 93.2 Å². The van der Waals surface area contributed by atoms with Crippen LogP contribution in [0.15, 0.2) is 104 Å². The Hall–Kier alpha value is -4.24. The zero-order valence-electron chi connectivity index (χ0n) is 16.7. The van der Waals surface area contributed by atoms with Crippen molar-refractivity contribution in [1.29, 1.82) is 0 Å². The first kappa shape index (κ1) is 16.5. The molecule has 0 bridgehead atoms. The summed E-state index contributed by atoms with van der Waals surface area (Å²) >= 11 is 0. The summed E-state index contributed by atoms with van der Waals surface area (Å²) in [6.07, 6.45) is 7.71. The van der Waals surface area contributed by atoms with E-state index in [0.717, 1.165) is 11.0 Å². The van der Waals surface area contributed by atoms with Crippen LogP contribution >= 0.6 is 0 Å². The zero-order chi connectivity index (χ0) is 20.4. The van der Waals surface area contributed by atoms with Crippen LogP contribution in [0.3, 0.4) is 0 Å². The summed E-state index contributed by atoms with van der Waals surface area (Å²) in [6, 6.07) is 28.0. The Balaban J connectivity index is 1.82. The molecule has 3 heteroatoms. The van der Waals surface area contributed by atoms with Crippen LogP contribution in [-0.2, 0) is 0 Å². The van der Waals surface area contributed by atoms with Crippen LogP contribution < -0.4 is 0 Å². The molecule has 3 nitrogen and oxygen atoms in total. The van der Waals surface area contributed by atoms with E-state index in [-0.39, 0.29) is 0 Å². The highest BCUT2D eigenvalue weighted by Gasteiger charge is 2.23. The number of hydrogen-bond acceptors (Lipinski definition) is 2. The predicted octanol–water partition coefficient (Wildman–Crippen LogP) is 6.96. The molecule has 0 radical (unpaired) electrons. The van der Waals surface area contributed by atoms with Gasteiger partial charge in [0, 0.05) is 33.9 Å². The summed E-state index contributed by atoms with van der Waals surface area (Å²) in [5.41, 5.74) is 8.40. The Bertz CT molecular complexity index is 1590. The maximum Gasteiger partial charge on any atom is 0.0725 e. The number of benzene rings is 3. The molecular formula is C28H17N3. The van der Waals surface area contributed by atoms with Gasteiger partial charge in [0.15, 0.2) is 0 Å². The molecule has 0 saturated carbocycles. The third kappa shape index (κ3) is 2.18. The Labute approximate surface area is 178 Å². The van der Waals surface area contributed by atoms with Crippen molar-refractivity contribution in [1.82, 2.24) is 14.4 Å². The summed E-state index contributed by atoms with van der Waals surface area (Å²) < 4.78 is 2.34. The minimum atomic E-state index is 1.12. The highest BCUT2D eigenvalue weighted by atomic mass is 14.9. The zero-order valence-corrected chi connectivity index (χ0v) is 16.7. The average molecular weight is 395 g/mol. The number of fused-ring (bicyclic) bond motifs is 6. The first-order chi connectivity index (χ1) is 15.4. The van der Waals surface area contributed by atoms with Crippen LogP contribution in [0.4, 0.5) is 0 Å². The SMILES string of the molecule is c1ccc(-c2cc(-c3ccccc3)c3c4ccncc4n4c5cnccc5c2c34)cc1. The van der Waals surface area contributed by atoms with Crippen molar-refractivity contribution in [2.75, 3.05) is 0 Å². The summed E-state index contributed by atoms with van der Waals surface area (Å²) in [7, 11) is 0. The van der Waals surface area contributed by atoms with Gasteiger partial charge in [-0.2, -0.15) is 0 Å². The van der Waals surface area contributed by atoms with E-state index in [4.69, 9.17) is 0 Å². The van der Waals surface area contributed by atoms with Crippen molar-refractivity contribution in [3.63, 3.8) is 0 Å². The maximum atomic E-state index is 4.45. The van der Waals surface area contributed by atoms with E-state index in [9.17, 15) is 0 Å². The molecule has 0 fully saturated rings. The third-order valence-electron chi connectivity index (χ3n) is 6.31. The van der Waals surface area contributed by atoms with E-state index < -0.39 is 0 Å². The molecule has 0 aliphatic rings. The standard InChI is InChI=1S/C28H17N3/c1-3-7-18(8-4-1)22-15-23(19-9-5-2-6-10-19)27-21-12-14-30-17-25(21)31-24-16-29-13-11-20(24)26(22)28(27)31/h1-17H. The Morgan fingerprint density at radius 1 is 0.548 bits per heavy atom. The van der Waals surface area contributed by atoms with Crippen molar-refractivity contribution >= 4 is 38.1 Å². The molecule has 7 aromatic rings. The van der Waals surface area contributed by atoms with Gasteiger partial charge in [-0.25, -0.2) is 0 Å². The smallest absolute Gasteiger partial charge is 0.0725 e. The predicted molar refractivity (Wildman–Crippen MR) is 128 cm³/mol. The van der Waals surface area contributed by atoms with Gasteiger partial charge in [0.25, 0.3) is 0 Å². The molecule has 7 rings (SSSR count). The molecule has 144 valence electrons. The second-order valence-electron chi connectivity index (χ2n) is 7.92. The van der Waals surface area contributed by atoms with E-state index in [1.165, 1.54) is 49.3 Å².